The maximum atomic E-state index is 10.2. The molecular formula is C8H15KO. The number of hydrogen-bond donors (Lipinski definition) is 0. The van der Waals surface area contributed by atoms with Gasteiger partial charge in [-0.3, -0.25) is 0 Å². The van der Waals surface area contributed by atoms with E-state index in [9.17, 15) is 5.11 Å². The normalized spacial score (nSPS) is 20.1. The molecular weight excluding hydrogens is 151 g/mol. The van der Waals surface area contributed by atoms with E-state index in [2.05, 4.69) is 0 Å². The quantitative estimate of drug-likeness (QED) is 0.450. The van der Waals surface area contributed by atoms with Crippen molar-refractivity contribution in [2.45, 2.75) is 38.5 Å². The maximum absolute atomic E-state index is 10.2. The molecule has 54 valence electrons. The zero-order valence-corrected chi connectivity index (χ0v) is 10.1. The van der Waals surface area contributed by atoms with Gasteiger partial charge in [0, 0.05) is 0 Å². The monoisotopic (exact) mass is 166 g/mol. The van der Waals surface area contributed by atoms with Crippen LogP contribution in [0.5, 0.6) is 0 Å². The van der Waals surface area contributed by atoms with Gasteiger partial charge in [0.2, 0.25) is 0 Å². The molecule has 1 fully saturated rings. The zero-order chi connectivity index (χ0) is 6.53. The van der Waals surface area contributed by atoms with Crippen molar-refractivity contribution in [2.24, 2.45) is 5.92 Å². The van der Waals surface area contributed by atoms with E-state index in [4.69, 9.17) is 0 Å². The molecule has 2 heteroatoms. The Morgan fingerprint density at radius 1 is 1.10 bits per heavy atom. The van der Waals surface area contributed by atoms with Crippen LogP contribution in [0, 0.1) is 5.92 Å². The first-order chi connectivity index (χ1) is 4.43. The van der Waals surface area contributed by atoms with Gasteiger partial charge in [0.15, 0.2) is 0 Å². The van der Waals surface area contributed by atoms with Gasteiger partial charge in [0.05, 0.1) is 0 Å². The van der Waals surface area contributed by atoms with Crippen LogP contribution in [0.2, 0.25) is 0 Å². The van der Waals surface area contributed by atoms with Crippen LogP contribution in [0.25, 0.3) is 0 Å². The predicted octanol–water partition coefficient (Wildman–Crippen LogP) is -1.68. The SMILES string of the molecule is [K+].[O-]CCC1CCCCC1. The summed E-state index contributed by atoms with van der Waals surface area (Å²) in [7, 11) is 0. The predicted molar refractivity (Wildman–Crippen MR) is 36.1 cm³/mol. The van der Waals surface area contributed by atoms with Crippen LogP contribution in [0.1, 0.15) is 38.5 Å². The first-order valence-electron chi connectivity index (χ1n) is 4.01. The fraction of sp³-hybridized carbons (Fsp3) is 1.00. The van der Waals surface area contributed by atoms with Gasteiger partial charge in [-0.25, -0.2) is 0 Å². The molecule has 0 aromatic carbocycles. The van der Waals surface area contributed by atoms with Gasteiger partial charge in [-0.1, -0.05) is 38.5 Å². The van der Waals surface area contributed by atoms with Crippen LogP contribution in [0.3, 0.4) is 0 Å². The second-order valence-corrected chi connectivity index (χ2v) is 3.00. The molecule has 0 spiro atoms. The van der Waals surface area contributed by atoms with Crippen LogP contribution in [0.15, 0.2) is 0 Å². The van der Waals surface area contributed by atoms with Crippen molar-refractivity contribution in [1.82, 2.24) is 0 Å². The maximum Gasteiger partial charge on any atom is 1.00 e. The Morgan fingerprint density at radius 3 is 2.20 bits per heavy atom. The van der Waals surface area contributed by atoms with Crippen LogP contribution < -0.4 is 56.5 Å². The van der Waals surface area contributed by atoms with E-state index in [1.165, 1.54) is 32.1 Å². The van der Waals surface area contributed by atoms with Gasteiger partial charge >= 0.3 is 51.4 Å². The molecule has 0 aliphatic heterocycles. The third kappa shape index (κ3) is 4.47. The summed E-state index contributed by atoms with van der Waals surface area (Å²) in [4.78, 5) is 0. The molecule has 0 atom stereocenters. The molecule has 1 rings (SSSR count). The second kappa shape index (κ2) is 7.26. The van der Waals surface area contributed by atoms with Crippen LogP contribution in [-0.4, -0.2) is 6.61 Å². The van der Waals surface area contributed by atoms with Gasteiger partial charge in [-0.05, 0) is 5.92 Å². The van der Waals surface area contributed by atoms with E-state index in [0.717, 1.165) is 12.3 Å². The molecule has 0 unspecified atom stereocenters. The van der Waals surface area contributed by atoms with Gasteiger partial charge in [0.1, 0.15) is 0 Å². The standard InChI is InChI=1S/C8H15O.K/c9-7-6-8-4-2-1-3-5-8;/h8H,1-7H2;/q-1;+1. The van der Waals surface area contributed by atoms with Gasteiger partial charge in [-0.15, -0.1) is 6.61 Å². The van der Waals surface area contributed by atoms with E-state index in [1.807, 2.05) is 0 Å². The molecule has 1 aliphatic rings. The second-order valence-electron chi connectivity index (χ2n) is 3.00. The van der Waals surface area contributed by atoms with Crippen molar-refractivity contribution in [2.75, 3.05) is 6.61 Å². The molecule has 0 aromatic heterocycles. The minimum absolute atomic E-state index is 0. The molecule has 0 amide bonds. The molecule has 1 aliphatic carbocycles. The summed E-state index contributed by atoms with van der Waals surface area (Å²) in [6.45, 7) is 0.144. The zero-order valence-electron chi connectivity index (χ0n) is 6.94. The van der Waals surface area contributed by atoms with Crippen LogP contribution in [0.4, 0.5) is 0 Å². The fourth-order valence-electron chi connectivity index (χ4n) is 1.64. The summed E-state index contributed by atoms with van der Waals surface area (Å²) in [6.07, 6.45) is 7.70. The van der Waals surface area contributed by atoms with Crippen LogP contribution >= 0.6 is 0 Å². The molecule has 1 saturated carbocycles. The average molecular weight is 166 g/mol. The van der Waals surface area contributed by atoms with Gasteiger partial charge < -0.3 is 5.11 Å². The first-order valence-corrected chi connectivity index (χ1v) is 4.01. The van der Waals surface area contributed by atoms with Crippen molar-refractivity contribution >= 4 is 0 Å². The molecule has 0 saturated heterocycles. The van der Waals surface area contributed by atoms with Crippen molar-refractivity contribution in [3.8, 4) is 0 Å². The Kier molecular flexibility index (Phi) is 8.41. The minimum atomic E-state index is 0. The van der Waals surface area contributed by atoms with Crippen molar-refractivity contribution in [3.05, 3.63) is 0 Å². The van der Waals surface area contributed by atoms with E-state index in [1.54, 1.807) is 0 Å². The first kappa shape index (κ1) is 11.6. The smallest absolute Gasteiger partial charge is 0.854 e. The molecule has 0 N–H and O–H groups in total. The molecule has 0 radical (unpaired) electrons. The van der Waals surface area contributed by atoms with E-state index >= 15 is 0 Å². The average Bonchev–Trinajstić information content (AvgIpc) is 1.91. The topological polar surface area (TPSA) is 23.1 Å². The summed E-state index contributed by atoms with van der Waals surface area (Å²) in [5.41, 5.74) is 0. The third-order valence-corrected chi connectivity index (χ3v) is 2.25. The summed E-state index contributed by atoms with van der Waals surface area (Å²) >= 11 is 0. The number of rotatable bonds is 2. The Hall–Kier alpha value is 1.60. The summed E-state index contributed by atoms with van der Waals surface area (Å²) in [5.74, 6) is 0.788. The molecule has 0 bridgehead atoms. The molecule has 0 heterocycles. The summed E-state index contributed by atoms with van der Waals surface area (Å²) in [6, 6.07) is 0. The van der Waals surface area contributed by atoms with Crippen molar-refractivity contribution in [3.63, 3.8) is 0 Å². The Morgan fingerprint density at radius 2 is 1.70 bits per heavy atom. The number of hydrogen-bond acceptors (Lipinski definition) is 1. The van der Waals surface area contributed by atoms with E-state index < -0.39 is 0 Å². The Bertz CT molecular complexity index is 66.9. The summed E-state index contributed by atoms with van der Waals surface area (Å²) in [5, 5.41) is 10.2. The largest absolute Gasteiger partial charge is 1.00 e. The van der Waals surface area contributed by atoms with Gasteiger partial charge in [0.25, 0.3) is 0 Å². The van der Waals surface area contributed by atoms with Crippen molar-refractivity contribution in [1.29, 1.82) is 0 Å². The van der Waals surface area contributed by atoms with E-state index in [0.29, 0.717) is 0 Å². The molecule has 0 aromatic rings. The fourth-order valence-corrected chi connectivity index (χ4v) is 1.64. The summed E-state index contributed by atoms with van der Waals surface area (Å²) < 4.78 is 0. The third-order valence-electron chi connectivity index (χ3n) is 2.25. The minimum Gasteiger partial charge on any atom is -0.854 e. The van der Waals surface area contributed by atoms with E-state index in [-0.39, 0.29) is 58.0 Å². The van der Waals surface area contributed by atoms with Crippen LogP contribution in [-0.2, 0) is 0 Å². The van der Waals surface area contributed by atoms with Crippen molar-refractivity contribution < 1.29 is 56.5 Å². The molecule has 10 heavy (non-hydrogen) atoms. The van der Waals surface area contributed by atoms with Gasteiger partial charge in [-0.2, -0.15) is 0 Å². The Labute approximate surface area is 106 Å². The molecule has 1 nitrogen and oxygen atoms in total. The Balaban J connectivity index is 0.000000810.